The average molecular weight is 461 g/mol. The Bertz CT molecular complexity index is 1040. The second-order valence-electron chi connectivity index (χ2n) is 7.27. The van der Waals surface area contributed by atoms with Gasteiger partial charge in [-0.3, -0.25) is 14.9 Å². The number of nitrogens with one attached hydrogen (secondary N) is 1. The summed E-state index contributed by atoms with van der Waals surface area (Å²) in [5, 5.41) is 24.5. The fourth-order valence-corrected chi connectivity index (χ4v) is 3.36. The predicted molar refractivity (Wildman–Crippen MR) is 102 cm³/mol. The molecular weight excluding hydrogens is 445 g/mol. The van der Waals surface area contributed by atoms with Gasteiger partial charge in [-0.15, -0.1) is 13.2 Å². The monoisotopic (exact) mass is 460 g/mol. The maximum absolute atomic E-state index is 12.8. The summed E-state index contributed by atoms with van der Waals surface area (Å²) in [6, 6.07) is 5.37. The number of nitro benzene ring substituents is 1. The average Bonchev–Trinajstić information content (AvgIpc) is 2.64. The van der Waals surface area contributed by atoms with Crippen molar-refractivity contribution in [2.24, 2.45) is 0 Å². The minimum absolute atomic E-state index is 0.0125. The largest absolute Gasteiger partial charge is 0.573 e. The molecule has 0 saturated carbocycles. The van der Waals surface area contributed by atoms with Gasteiger partial charge in [-0.25, -0.2) is 0 Å². The summed E-state index contributed by atoms with van der Waals surface area (Å²) < 4.78 is 47.4. The first-order chi connectivity index (χ1) is 14.3. The number of hydrogen-bond acceptors (Lipinski definition) is 6. The van der Waals surface area contributed by atoms with Gasteiger partial charge in [0, 0.05) is 16.7 Å². The lowest BCUT2D eigenvalue weighted by molar-refractivity contribution is -0.385. The molecule has 1 aliphatic heterocycles. The minimum Gasteiger partial charge on any atom is -0.485 e. The lowest BCUT2D eigenvalue weighted by Gasteiger charge is -2.42. The van der Waals surface area contributed by atoms with Crippen LogP contribution in [-0.2, 0) is 0 Å². The van der Waals surface area contributed by atoms with Crippen molar-refractivity contribution in [1.29, 1.82) is 0 Å². The third-order valence-corrected chi connectivity index (χ3v) is 4.87. The van der Waals surface area contributed by atoms with Crippen LogP contribution in [0.2, 0.25) is 5.02 Å². The summed E-state index contributed by atoms with van der Waals surface area (Å²) in [5.41, 5.74) is -2.13. The molecule has 1 aliphatic rings. The van der Waals surface area contributed by atoms with E-state index in [2.05, 4.69) is 10.1 Å². The molecule has 12 heteroatoms. The molecule has 3 rings (SSSR count). The zero-order valence-corrected chi connectivity index (χ0v) is 16.8. The lowest BCUT2D eigenvalue weighted by Crippen LogP contribution is -2.53. The van der Waals surface area contributed by atoms with Gasteiger partial charge in [-0.1, -0.05) is 11.6 Å². The molecule has 8 nitrogen and oxygen atoms in total. The smallest absolute Gasteiger partial charge is 0.485 e. The number of amides is 1. The van der Waals surface area contributed by atoms with Crippen molar-refractivity contribution in [3.05, 3.63) is 62.7 Å². The zero-order chi connectivity index (χ0) is 23.1. The summed E-state index contributed by atoms with van der Waals surface area (Å²) >= 11 is 5.76. The summed E-state index contributed by atoms with van der Waals surface area (Å²) in [6.07, 6.45) is -6.36. The fourth-order valence-electron chi connectivity index (χ4n) is 3.20. The highest BCUT2D eigenvalue weighted by Crippen LogP contribution is 2.42. The Morgan fingerprint density at radius 3 is 2.58 bits per heavy atom. The van der Waals surface area contributed by atoms with Crippen LogP contribution in [-0.4, -0.2) is 34.0 Å². The number of carbonyl (C=O) groups is 1. The van der Waals surface area contributed by atoms with Gasteiger partial charge in [0.25, 0.3) is 11.6 Å². The molecule has 2 unspecified atom stereocenters. The molecule has 0 bridgehead atoms. The van der Waals surface area contributed by atoms with Crippen LogP contribution in [0.15, 0.2) is 36.4 Å². The van der Waals surface area contributed by atoms with Gasteiger partial charge in [-0.2, -0.15) is 0 Å². The van der Waals surface area contributed by atoms with Crippen molar-refractivity contribution in [2.45, 2.75) is 38.0 Å². The summed E-state index contributed by atoms with van der Waals surface area (Å²) in [5.74, 6) is -1.41. The van der Waals surface area contributed by atoms with E-state index in [-0.39, 0.29) is 21.9 Å². The lowest BCUT2D eigenvalue weighted by atomic mass is 9.86. The second-order valence-corrected chi connectivity index (χ2v) is 7.70. The molecule has 1 amide bonds. The Labute approximate surface area is 178 Å². The van der Waals surface area contributed by atoms with Crippen molar-refractivity contribution in [1.82, 2.24) is 5.32 Å². The number of benzene rings is 2. The summed E-state index contributed by atoms with van der Waals surface area (Å²) in [6.45, 7) is 3.04. The first-order valence-electron chi connectivity index (χ1n) is 8.80. The van der Waals surface area contributed by atoms with Crippen LogP contribution in [0.1, 0.15) is 35.8 Å². The van der Waals surface area contributed by atoms with Crippen LogP contribution in [0.4, 0.5) is 18.9 Å². The zero-order valence-electron chi connectivity index (χ0n) is 16.1. The maximum Gasteiger partial charge on any atom is 0.573 e. The van der Waals surface area contributed by atoms with E-state index in [4.69, 9.17) is 16.3 Å². The molecule has 31 heavy (non-hydrogen) atoms. The van der Waals surface area contributed by atoms with Gasteiger partial charge in [0.1, 0.15) is 28.8 Å². The Kier molecular flexibility index (Phi) is 5.76. The number of nitro groups is 1. The Balaban J connectivity index is 2.01. The van der Waals surface area contributed by atoms with Crippen molar-refractivity contribution >= 4 is 23.2 Å². The van der Waals surface area contributed by atoms with E-state index in [1.165, 1.54) is 26.0 Å². The van der Waals surface area contributed by atoms with Crippen LogP contribution in [0, 0.1) is 10.1 Å². The Morgan fingerprint density at radius 1 is 1.29 bits per heavy atom. The molecule has 2 aromatic rings. The number of nitrogens with zero attached hydrogens (tertiary/aromatic N) is 1. The molecule has 0 aliphatic carbocycles. The van der Waals surface area contributed by atoms with Crippen LogP contribution in [0.3, 0.4) is 0 Å². The van der Waals surface area contributed by atoms with Gasteiger partial charge in [0.2, 0.25) is 0 Å². The van der Waals surface area contributed by atoms with Gasteiger partial charge >= 0.3 is 6.36 Å². The number of alkyl halides is 3. The van der Waals surface area contributed by atoms with Crippen LogP contribution in [0.25, 0.3) is 0 Å². The highest BCUT2D eigenvalue weighted by molar-refractivity contribution is 6.31. The second kappa shape index (κ2) is 7.89. The first-order valence-corrected chi connectivity index (χ1v) is 9.18. The van der Waals surface area contributed by atoms with Gasteiger partial charge in [-0.05, 0) is 44.2 Å². The third kappa shape index (κ3) is 4.83. The van der Waals surface area contributed by atoms with Gasteiger partial charge in [0.15, 0.2) is 0 Å². The van der Waals surface area contributed by atoms with Crippen molar-refractivity contribution in [3.63, 3.8) is 0 Å². The van der Waals surface area contributed by atoms with Crippen LogP contribution in [0.5, 0.6) is 11.5 Å². The molecule has 0 spiro atoms. The van der Waals surface area contributed by atoms with E-state index in [1.807, 2.05) is 0 Å². The Hall–Kier alpha value is -3.05. The minimum atomic E-state index is -4.95. The normalized spacial score (nSPS) is 19.7. The van der Waals surface area contributed by atoms with Gasteiger partial charge < -0.3 is 19.9 Å². The standard InChI is InChI=1S/C19H16ClF3N2O6/c1-18(2)16(26)15(12-8-10(30-19(21,22)23)4-6-14(12)31-18)24-17(27)11-5-3-9(20)7-13(11)25(28)29/h3-8,15-16,26H,1-2H3,(H,24,27). The Morgan fingerprint density at radius 2 is 1.97 bits per heavy atom. The van der Waals surface area contributed by atoms with Crippen LogP contribution >= 0.6 is 11.6 Å². The molecule has 2 N–H and O–H groups in total. The number of ether oxygens (including phenoxy) is 2. The van der Waals surface area contributed by atoms with Crippen molar-refractivity contribution < 1.29 is 37.5 Å². The molecule has 0 aromatic heterocycles. The number of fused-ring (bicyclic) bond motifs is 1. The molecule has 2 aromatic carbocycles. The number of carbonyl (C=O) groups excluding carboxylic acids is 1. The topological polar surface area (TPSA) is 111 Å². The van der Waals surface area contributed by atoms with Gasteiger partial charge in [0.05, 0.1) is 11.0 Å². The molecule has 2 atom stereocenters. The fraction of sp³-hybridized carbons (Fsp3) is 0.316. The summed E-state index contributed by atoms with van der Waals surface area (Å²) in [4.78, 5) is 23.3. The molecule has 0 fully saturated rings. The SMILES string of the molecule is CC1(C)Oc2ccc(OC(F)(F)F)cc2C(NC(=O)c2ccc(Cl)cc2[N+](=O)[O-])C1O. The number of aliphatic hydroxyl groups excluding tert-OH is 1. The molecule has 0 saturated heterocycles. The van der Waals surface area contributed by atoms with Crippen LogP contribution < -0.4 is 14.8 Å². The third-order valence-electron chi connectivity index (χ3n) is 4.64. The highest BCUT2D eigenvalue weighted by atomic mass is 35.5. The van der Waals surface area contributed by atoms with Crippen molar-refractivity contribution in [3.8, 4) is 11.5 Å². The highest BCUT2D eigenvalue weighted by Gasteiger charge is 2.44. The van der Waals surface area contributed by atoms with E-state index in [0.29, 0.717) is 0 Å². The quantitative estimate of drug-likeness (QED) is 0.524. The molecule has 166 valence electrons. The number of aliphatic hydroxyl groups is 1. The van der Waals surface area contributed by atoms with E-state index in [0.717, 1.165) is 24.3 Å². The number of hydrogen-bond donors (Lipinski definition) is 2. The summed E-state index contributed by atoms with van der Waals surface area (Å²) in [7, 11) is 0. The number of rotatable bonds is 4. The number of halogens is 4. The van der Waals surface area contributed by atoms with E-state index in [1.54, 1.807) is 0 Å². The molecule has 0 radical (unpaired) electrons. The predicted octanol–water partition coefficient (Wildman–Crippen LogP) is 4.15. The van der Waals surface area contributed by atoms with E-state index >= 15 is 0 Å². The molecule has 1 heterocycles. The maximum atomic E-state index is 12.8. The van der Waals surface area contributed by atoms with E-state index < -0.39 is 46.4 Å². The first kappa shape index (κ1) is 22.6. The van der Waals surface area contributed by atoms with E-state index in [9.17, 15) is 33.2 Å². The van der Waals surface area contributed by atoms with Crippen molar-refractivity contribution in [2.75, 3.05) is 0 Å². The molecular formula is C19H16ClF3N2O6.